The summed E-state index contributed by atoms with van der Waals surface area (Å²) in [7, 11) is -3.95. The number of nitrogens with zero attached hydrogens (tertiary/aromatic N) is 2. The second-order valence-corrected chi connectivity index (χ2v) is 9.43. The van der Waals surface area contributed by atoms with Crippen LogP contribution in [0, 0.1) is 0 Å². The Morgan fingerprint density at radius 2 is 1.74 bits per heavy atom. The fourth-order valence-electron chi connectivity index (χ4n) is 3.00. The molecule has 0 spiro atoms. The summed E-state index contributed by atoms with van der Waals surface area (Å²) in [4.78, 5) is 12.7. The number of para-hydroxylation sites is 1. The average molecular weight is 500 g/mol. The van der Waals surface area contributed by atoms with Gasteiger partial charge in [0.05, 0.1) is 16.8 Å². The maximum absolute atomic E-state index is 13.4. The lowest BCUT2D eigenvalue weighted by Gasteiger charge is -2.25. The first-order valence-corrected chi connectivity index (χ1v) is 11.9. The Labute approximate surface area is 190 Å². The summed E-state index contributed by atoms with van der Waals surface area (Å²) < 4.78 is 28.8. The highest BCUT2D eigenvalue weighted by molar-refractivity contribution is 9.10. The third-order valence-electron chi connectivity index (χ3n) is 4.51. The second-order valence-electron chi connectivity index (χ2n) is 6.66. The van der Waals surface area contributed by atoms with Gasteiger partial charge in [-0.05, 0) is 47.9 Å². The Morgan fingerprint density at radius 1 is 1.03 bits per heavy atom. The molecule has 1 N–H and O–H groups in total. The second kappa shape index (κ2) is 10.4. The smallest absolute Gasteiger partial charge is 0.264 e. The number of amides is 1. The van der Waals surface area contributed by atoms with Crippen LogP contribution in [0.25, 0.3) is 0 Å². The quantitative estimate of drug-likeness (QED) is 0.369. The van der Waals surface area contributed by atoms with Crippen molar-refractivity contribution in [3.63, 3.8) is 0 Å². The summed E-state index contributed by atoms with van der Waals surface area (Å²) >= 11 is 3.38. The molecule has 0 fully saturated rings. The predicted molar refractivity (Wildman–Crippen MR) is 127 cm³/mol. The number of halogens is 1. The molecule has 6 nitrogen and oxygen atoms in total. The number of carbonyl (C=O) groups is 1. The van der Waals surface area contributed by atoms with E-state index in [0.717, 1.165) is 19.9 Å². The molecule has 160 valence electrons. The van der Waals surface area contributed by atoms with Crippen molar-refractivity contribution in [1.29, 1.82) is 0 Å². The molecule has 0 aliphatic heterocycles. The topological polar surface area (TPSA) is 78.8 Å². The minimum atomic E-state index is -3.95. The molecule has 0 aliphatic rings. The van der Waals surface area contributed by atoms with Gasteiger partial charge in [0.1, 0.15) is 6.54 Å². The largest absolute Gasteiger partial charge is 0.271 e. The van der Waals surface area contributed by atoms with Crippen LogP contribution in [0.1, 0.15) is 18.1 Å². The first kappa shape index (κ1) is 22.7. The highest BCUT2D eigenvalue weighted by Crippen LogP contribution is 2.27. The van der Waals surface area contributed by atoms with Crippen molar-refractivity contribution >= 4 is 43.8 Å². The van der Waals surface area contributed by atoms with Crippen LogP contribution in [-0.4, -0.2) is 27.1 Å². The minimum absolute atomic E-state index is 0.117. The van der Waals surface area contributed by atoms with Crippen LogP contribution in [0.2, 0.25) is 0 Å². The number of hydrogen-bond donors (Lipinski definition) is 1. The van der Waals surface area contributed by atoms with Crippen LogP contribution < -0.4 is 9.73 Å². The van der Waals surface area contributed by atoms with Gasteiger partial charge in [-0.25, -0.2) is 13.8 Å². The van der Waals surface area contributed by atoms with E-state index in [0.29, 0.717) is 12.1 Å². The zero-order valence-electron chi connectivity index (χ0n) is 16.9. The number of sulfonamides is 1. The summed E-state index contributed by atoms with van der Waals surface area (Å²) in [5.41, 5.74) is 4.51. The molecular formula is C23H22BrN3O3S. The van der Waals surface area contributed by atoms with Gasteiger partial charge in [-0.3, -0.25) is 9.10 Å². The minimum Gasteiger partial charge on any atom is -0.271 e. The molecule has 0 atom stereocenters. The van der Waals surface area contributed by atoms with Crippen LogP contribution in [-0.2, 0) is 21.2 Å². The zero-order chi connectivity index (χ0) is 22.3. The maximum atomic E-state index is 13.4. The summed E-state index contributed by atoms with van der Waals surface area (Å²) in [5, 5.41) is 3.96. The molecule has 31 heavy (non-hydrogen) atoms. The molecule has 3 aromatic carbocycles. The third-order valence-corrected chi connectivity index (χ3v) is 6.78. The SMILES string of the molecule is CCc1ccccc1N(CC(=O)N/N=C\c1cccc(Br)c1)S(=O)(=O)c1ccccc1. The molecule has 0 unspecified atom stereocenters. The molecule has 3 aromatic rings. The molecule has 0 saturated heterocycles. The summed E-state index contributed by atoms with van der Waals surface area (Å²) in [6, 6.07) is 22.7. The summed E-state index contributed by atoms with van der Waals surface area (Å²) in [6.07, 6.45) is 2.12. The van der Waals surface area contributed by atoms with Crippen molar-refractivity contribution in [3.05, 3.63) is 94.5 Å². The summed E-state index contributed by atoms with van der Waals surface area (Å²) in [6.45, 7) is 1.54. The highest BCUT2D eigenvalue weighted by Gasteiger charge is 2.28. The van der Waals surface area contributed by atoms with Crippen LogP contribution in [0.4, 0.5) is 5.69 Å². The Bertz CT molecular complexity index is 1180. The van der Waals surface area contributed by atoms with E-state index in [4.69, 9.17) is 0 Å². The Morgan fingerprint density at radius 3 is 2.45 bits per heavy atom. The van der Waals surface area contributed by atoms with Gasteiger partial charge in [-0.2, -0.15) is 5.10 Å². The van der Waals surface area contributed by atoms with E-state index >= 15 is 0 Å². The van der Waals surface area contributed by atoms with Crippen LogP contribution in [0.15, 0.2) is 93.3 Å². The molecule has 0 heterocycles. The van der Waals surface area contributed by atoms with Gasteiger partial charge in [0.15, 0.2) is 0 Å². The van der Waals surface area contributed by atoms with Gasteiger partial charge in [-0.1, -0.05) is 71.4 Å². The zero-order valence-corrected chi connectivity index (χ0v) is 19.3. The fourth-order valence-corrected chi connectivity index (χ4v) is 4.90. The van der Waals surface area contributed by atoms with Crippen molar-refractivity contribution in [3.8, 4) is 0 Å². The van der Waals surface area contributed by atoms with E-state index in [-0.39, 0.29) is 4.90 Å². The van der Waals surface area contributed by atoms with Crippen molar-refractivity contribution in [2.75, 3.05) is 10.8 Å². The van der Waals surface area contributed by atoms with E-state index in [1.165, 1.54) is 18.3 Å². The number of anilines is 1. The van der Waals surface area contributed by atoms with Crippen molar-refractivity contribution in [2.24, 2.45) is 5.10 Å². The standard InChI is InChI=1S/C23H22BrN3O3S/c1-2-19-10-6-7-14-22(19)27(31(29,30)21-12-4-3-5-13-21)17-23(28)26-25-16-18-9-8-11-20(24)15-18/h3-16H,2,17H2,1H3,(H,26,28)/b25-16-. The highest BCUT2D eigenvalue weighted by atomic mass is 79.9. The van der Waals surface area contributed by atoms with Gasteiger partial charge in [0.2, 0.25) is 0 Å². The fraction of sp³-hybridized carbons (Fsp3) is 0.130. The predicted octanol–water partition coefficient (Wildman–Crippen LogP) is 4.36. The van der Waals surface area contributed by atoms with Gasteiger partial charge < -0.3 is 0 Å². The Hall–Kier alpha value is -2.97. The monoisotopic (exact) mass is 499 g/mol. The van der Waals surface area contributed by atoms with E-state index < -0.39 is 22.5 Å². The Balaban J connectivity index is 1.87. The number of rotatable bonds is 8. The lowest BCUT2D eigenvalue weighted by molar-refractivity contribution is -0.119. The summed E-state index contributed by atoms with van der Waals surface area (Å²) in [5.74, 6) is -0.545. The molecular weight excluding hydrogens is 478 g/mol. The van der Waals surface area contributed by atoms with E-state index in [1.54, 1.807) is 30.3 Å². The maximum Gasteiger partial charge on any atom is 0.264 e. The van der Waals surface area contributed by atoms with Gasteiger partial charge in [0.25, 0.3) is 15.9 Å². The number of hydrazone groups is 1. The molecule has 8 heteroatoms. The number of hydrogen-bond acceptors (Lipinski definition) is 4. The third kappa shape index (κ3) is 5.80. The lowest BCUT2D eigenvalue weighted by atomic mass is 10.1. The molecule has 0 aromatic heterocycles. The van der Waals surface area contributed by atoms with E-state index in [2.05, 4.69) is 26.5 Å². The number of aryl methyl sites for hydroxylation is 1. The number of nitrogens with one attached hydrogen (secondary N) is 1. The van der Waals surface area contributed by atoms with Crippen molar-refractivity contribution in [2.45, 2.75) is 18.2 Å². The Kier molecular flexibility index (Phi) is 7.59. The van der Waals surface area contributed by atoms with Gasteiger partial charge in [0, 0.05) is 4.47 Å². The van der Waals surface area contributed by atoms with Crippen LogP contribution in [0.3, 0.4) is 0 Å². The van der Waals surface area contributed by atoms with E-state index in [1.807, 2.05) is 43.3 Å². The van der Waals surface area contributed by atoms with E-state index in [9.17, 15) is 13.2 Å². The molecule has 0 bridgehead atoms. The van der Waals surface area contributed by atoms with Crippen molar-refractivity contribution < 1.29 is 13.2 Å². The molecule has 1 amide bonds. The average Bonchev–Trinajstić information content (AvgIpc) is 2.78. The van der Waals surface area contributed by atoms with Gasteiger partial charge in [-0.15, -0.1) is 0 Å². The first-order valence-electron chi connectivity index (χ1n) is 9.65. The molecule has 0 radical (unpaired) electrons. The van der Waals surface area contributed by atoms with Gasteiger partial charge >= 0.3 is 0 Å². The molecule has 3 rings (SSSR count). The number of carbonyl (C=O) groups excluding carboxylic acids is 1. The normalized spacial score (nSPS) is 11.4. The molecule has 0 aliphatic carbocycles. The van der Waals surface area contributed by atoms with Crippen LogP contribution >= 0.6 is 15.9 Å². The van der Waals surface area contributed by atoms with Crippen molar-refractivity contribution in [1.82, 2.24) is 5.43 Å². The number of benzene rings is 3. The lowest BCUT2D eigenvalue weighted by Crippen LogP contribution is -2.40. The molecule has 0 saturated carbocycles. The van der Waals surface area contributed by atoms with Crippen LogP contribution in [0.5, 0.6) is 0 Å². The first-order chi connectivity index (χ1) is 14.9.